The number of carbonyl (C=O) groups is 2. The standard InChI is InChI=1S/C15H23N3O4/c1-18(2)15(20)11-22-13-6-4-12(5-7-13)17-14(19)10-16-8-9-21-3/h4-7,16H,8-11H2,1-3H3,(H,17,19). The van der Waals surface area contributed by atoms with Crippen molar-refractivity contribution in [3.63, 3.8) is 0 Å². The summed E-state index contributed by atoms with van der Waals surface area (Å²) in [7, 11) is 4.95. The van der Waals surface area contributed by atoms with E-state index in [0.29, 0.717) is 24.6 Å². The molecule has 0 saturated carbocycles. The molecule has 0 unspecified atom stereocenters. The lowest BCUT2D eigenvalue weighted by molar-refractivity contribution is -0.130. The molecule has 0 atom stereocenters. The van der Waals surface area contributed by atoms with Gasteiger partial charge in [-0.2, -0.15) is 0 Å². The van der Waals surface area contributed by atoms with Crippen LogP contribution in [0.15, 0.2) is 24.3 Å². The van der Waals surface area contributed by atoms with Gasteiger partial charge in [-0.05, 0) is 24.3 Å². The molecule has 0 radical (unpaired) electrons. The summed E-state index contributed by atoms with van der Waals surface area (Å²) in [4.78, 5) is 24.5. The summed E-state index contributed by atoms with van der Waals surface area (Å²) >= 11 is 0. The first kappa shape index (κ1) is 17.9. The lowest BCUT2D eigenvalue weighted by Gasteiger charge is -2.12. The third-order valence-electron chi connectivity index (χ3n) is 2.77. The van der Waals surface area contributed by atoms with Gasteiger partial charge in [0.25, 0.3) is 5.91 Å². The van der Waals surface area contributed by atoms with Crippen LogP contribution < -0.4 is 15.4 Å². The minimum absolute atomic E-state index is 0.0118. The Labute approximate surface area is 130 Å². The Bertz CT molecular complexity index is 474. The van der Waals surface area contributed by atoms with E-state index in [4.69, 9.17) is 9.47 Å². The second kappa shape index (κ2) is 9.75. The summed E-state index contributed by atoms with van der Waals surface area (Å²) in [5, 5.41) is 5.71. The van der Waals surface area contributed by atoms with Crippen molar-refractivity contribution in [1.82, 2.24) is 10.2 Å². The summed E-state index contributed by atoms with van der Waals surface area (Å²) in [6, 6.07) is 6.86. The topological polar surface area (TPSA) is 79.9 Å². The average Bonchev–Trinajstić information content (AvgIpc) is 2.50. The highest BCUT2D eigenvalue weighted by Gasteiger charge is 2.05. The quantitative estimate of drug-likeness (QED) is 0.643. The molecule has 2 N–H and O–H groups in total. The molecule has 122 valence electrons. The molecule has 0 aliphatic heterocycles. The van der Waals surface area contributed by atoms with Gasteiger partial charge in [0.2, 0.25) is 5.91 Å². The molecule has 1 aromatic rings. The Morgan fingerprint density at radius 1 is 1.18 bits per heavy atom. The molecule has 0 saturated heterocycles. The molecule has 0 bridgehead atoms. The lowest BCUT2D eigenvalue weighted by Crippen LogP contribution is -2.30. The van der Waals surface area contributed by atoms with Crippen LogP contribution in [-0.2, 0) is 14.3 Å². The number of methoxy groups -OCH3 is 1. The first-order valence-corrected chi connectivity index (χ1v) is 6.95. The average molecular weight is 309 g/mol. The predicted octanol–water partition coefficient (Wildman–Crippen LogP) is 0.328. The summed E-state index contributed by atoms with van der Waals surface area (Å²) < 4.78 is 10.2. The zero-order chi connectivity index (χ0) is 16.4. The van der Waals surface area contributed by atoms with Crippen LogP contribution in [-0.4, -0.2) is 64.2 Å². The number of benzene rings is 1. The molecule has 7 heteroatoms. The van der Waals surface area contributed by atoms with E-state index in [2.05, 4.69) is 10.6 Å². The molecule has 1 aromatic carbocycles. The van der Waals surface area contributed by atoms with Crippen LogP contribution in [0.25, 0.3) is 0 Å². The number of ether oxygens (including phenoxy) is 2. The van der Waals surface area contributed by atoms with E-state index in [9.17, 15) is 9.59 Å². The van der Waals surface area contributed by atoms with E-state index >= 15 is 0 Å². The minimum atomic E-state index is -0.132. The highest BCUT2D eigenvalue weighted by molar-refractivity contribution is 5.92. The van der Waals surface area contributed by atoms with Crippen LogP contribution in [0.3, 0.4) is 0 Å². The first-order valence-electron chi connectivity index (χ1n) is 6.95. The smallest absolute Gasteiger partial charge is 0.259 e. The number of amides is 2. The fraction of sp³-hybridized carbons (Fsp3) is 0.467. The zero-order valence-electron chi connectivity index (χ0n) is 13.2. The van der Waals surface area contributed by atoms with Gasteiger partial charge in [-0.3, -0.25) is 9.59 Å². The Kier molecular flexibility index (Phi) is 7.95. The summed E-state index contributed by atoms with van der Waals surface area (Å²) in [5.41, 5.74) is 0.671. The van der Waals surface area contributed by atoms with Crippen LogP contribution >= 0.6 is 0 Å². The number of hydrogen-bond acceptors (Lipinski definition) is 5. The summed E-state index contributed by atoms with van der Waals surface area (Å²) in [6.45, 7) is 1.39. The summed E-state index contributed by atoms with van der Waals surface area (Å²) in [6.07, 6.45) is 0. The maximum absolute atomic E-state index is 11.7. The van der Waals surface area contributed by atoms with Crippen molar-refractivity contribution < 1.29 is 19.1 Å². The van der Waals surface area contributed by atoms with Crippen LogP contribution in [0.5, 0.6) is 5.75 Å². The number of hydrogen-bond donors (Lipinski definition) is 2. The Balaban J connectivity index is 2.35. The van der Waals surface area contributed by atoms with Gasteiger partial charge in [0, 0.05) is 33.4 Å². The van der Waals surface area contributed by atoms with Crippen LogP contribution in [0.4, 0.5) is 5.69 Å². The van der Waals surface area contributed by atoms with Gasteiger partial charge in [0.1, 0.15) is 5.75 Å². The Morgan fingerprint density at radius 2 is 1.86 bits per heavy atom. The van der Waals surface area contributed by atoms with E-state index in [-0.39, 0.29) is 25.0 Å². The fourth-order valence-corrected chi connectivity index (χ4v) is 1.49. The number of likely N-dealkylation sites (N-methyl/N-ethyl adjacent to an activating group) is 1. The second-order valence-corrected chi connectivity index (χ2v) is 4.82. The Morgan fingerprint density at radius 3 is 2.45 bits per heavy atom. The maximum atomic E-state index is 11.7. The second-order valence-electron chi connectivity index (χ2n) is 4.82. The van der Waals surface area contributed by atoms with Gasteiger partial charge < -0.3 is 25.0 Å². The third kappa shape index (κ3) is 7.05. The molecule has 0 aromatic heterocycles. The fourth-order valence-electron chi connectivity index (χ4n) is 1.49. The summed E-state index contributed by atoms with van der Waals surface area (Å²) in [5.74, 6) is 0.332. The number of carbonyl (C=O) groups excluding carboxylic acids is 2. The predicted molar refractivity (Wildman–Crippen MR) is 84.0 cm³/mol. The molecular weight excluding hydrogens is 286 g/mol. The minimum Gasteiger partial charge on any atom is -0.484 e. The largest absolute Gasteiger partial charge is 0.484 e. The van der Waals surface area contributed by atoms with E-state index < -0.39 is 0 Å². The molecular formula is C15H23N3O4. The van der Waals surface area contributed by atoms with Crippen molar-refractivity contribution in [2.24, 2.45) is 0 Å². The zero-order valence-corrected chi connectivity index (χ0v) is 13.2. The number of anilines is 1. The molecule has 0 fully saturated rings. The molecule has 0 aliphatic carbocycles. The highest BCUT2D eigenvalue weighted by Crippen LogP contribution is 2.15. The van der Waals surface area contributed by atoms with Crippen LogP contribution in [0.1, 0.15) is 0 Å². The van der Waals surface area contributed by atoms with E-state index in [0.717, 1.165) is 0 Å². The van der Waals surface area contributed by atoms with Crippen molar-refractivity contribution in [1.29, 1.82) is 0 Å². The molecule has 0 aliphatic rings. The highest BCUT2D eigenvalue weighted by atomic mass is 16.5. The van der Waals surface area contributed by atoms with Crippen molar-refractivity contribution >= 4 is 17.5 Å². The monoisotopic (exact) mass is 309 g/mol. The normalized spacial score (nSPS) is 10.1. The van der Waals surface area contributed by atoms with E-state index in [1.165, 1.54) is 4.90 Å². The van der Waals surface area contributed by atoms with Gasteiger partial charge in [-0.1, -0.05) is 0 Å². The van der Waals surface area contributed by atoms with Crippen molar-refractivity contribution in [3.8, 4) is 5.75 Å². The molecule has 1 rings (SSSR count). The molecule has 7 nitrogen and oxygen atoms in total. The third-order valence-corrected chi connectivity index (χ3v) is 2.77. The molecule has 22 heavy (non-hydrogen) atoms. The van der Waals surface area contributed by atoms with Gasteiger partial charge in [-0.15, -0.1) is 0 Å². The lowest BCUT2D eigenvalue weighted by atomic mass is 10.3. The first-order chi connectivity index (χ1) is 10.5. The SMILES string of the molecule is COCCNCC(=O)Nc1ccc(OCC(=O)N(C)C)cc1. The Hall–Kier alpha value is -2.12. The molecule has 0 heterocycles. The molecule has 2 amide bonds. The number of nitrogens with zero attached hydrogens (tertiary/aromatic N) is 1. The van der Waals surface area contributed by atoms with Gasteiger partial charge in [0.05, 0.1) is 13.2 Å². The van der Waals surface area contributed by atoms with Crippen LogP contribution in [0.2, 0.25) is 0 Å². The van der Waals surface area contributed by atoms with E-state index in [1.807, 2.05) is 0 Å². The molecule has 0 spiro atoms. The maximum Gasteiger partial charge on any atom is 0.259 e. The van der Waals surface area contributed by atoms with Gasteiger partial charge >= 0.3 is 0 Å². The van der Waals surface area contributed by atoms with Crippen LogP contribution in [0, 0.1) is 0 Å². The van der Waals surface area contributed by atoms with Gasteiger partial charge in [0.15, 0.2) is 6.61 Å². The van der Waals surface area contributed by atoms with E-state index in [1.54, 1.807) is 45.5 Å². The van der Waals surface area contributed by atoms with Crippen molar-refractivity contribution in [2.45, 2.75) is 0 Å². The number of nitrogens with one attached hydrogen (secondary N) is 2. The van der Waals surface area contributed by atoms with Gasteiger partial charge in [-0.25, -0.2) is 0 Å². The van der Waals surface area contributed by atoms with Crippen molar-refractivity contribution in [3.05, 3.63) is 24.3 Å². The number of rotatable bonds is 9. The van der Waals surface area contributed by atoms with Crippen molar-refractivity contribution in [2.75, 3.05) is 52.8 Å².